The quantitative estimate of drug-likeness (QED) is 0.273. The smallest absolute Gasteiger partial charge is 0.0156 e. The highest BCUT2D eigenvalue weighted by molar-refractivity contribution is 5.23. The Morgan fingerprint density at radius 3 is 1.76 bits per heavy atom. The molecule has 0 saturated carbocycles. The molecule has 2 atom stereocenters. The molecule has 0 aliphatic heterocycles. The van der Waals surface area contributed by atoms with Crippen LogP contribution in [0.4, 0.5) is 0 Å². The van der Waals surface area contributed by atoms with E-state index in [2.05, 4.69) is 80.2 Å². The molecule has 0 bridgehead atoms. The third-order valence-electron chi connectivity index (χ3n) is 5.23. The van der Waals surface area contributed by atoms with E-state index in [9.17, 15) is 0 Å². The maximum absolute atomic E-state index is 3.89. The van der Waals surface area contributed by atoms with Crippen molar-refractivity contribution in [2.45, 2.75) is 70.1 Å². The van der Waals surface area contributed by atoms with Crippen molar-refractivity contribution in [2.75, 3.05) is 0 Å². The molecule has 25 heavy (non-hydrogen) atoms. The number of allylic oxidation sites excluding steroid dienone is 1. The SMILES string of the molecule is C=CCCCC(CC(CCCCC)c1ccccc1)c1ccccc1. The fourth-order valence-electron chi connectivity index (χ4n) is 3.78. The van der Waals surface area contributed by atoms with Gasteiger partial charge in [-0.15, -0.1) is 6.58 Å². The summed E-state index contributed by atoms with van der Waals surface area (Å²) in [6.45, 7) is 6.18. The number of benzene rings is 2. The molecule has 0 radical (unpaired) electrons. The topological polar surface area (TPSA) is 0 Å². The Labute approximate surface area is 155 Å². The number of hydrogen-bond acceptors (Lipinski definition) is 0. The van der Waals surface area contributed by atoms with Crippen LogP contribution in [0.25, 0.3) is 0 Å². The second-order valence-corrected chi connectivity index (χ2v) is 7.17. The Morgan fingerprint density at radius 2 is 1.28 bits per heavy atom. The molecule has 0 aliphatic rings. The molecular formula is C25H34. The summed E-state index contributed by atoms with van der Waals surface area (Å²) in [5, 5.41) is 0. The van der Waals surface area contributed by atoms with Crippen LogP contribution in [0.15, 0.2) is 73.3 Å². The van der Waals surface area contributed by atoms with E-state index in [4.69, 9.17) is 0 Å². The minimum atomic E-state index is 0.646. The molecule has 0 heterocycles. The largest absolute Gasteiger partial charge is 0.103 e. The first-order valence-corrected chi connectivity index (χ1v) is 10.1. The molecule has 2 unspecified atom stereocenters. The summed E-state index contributed by atoms with van der Waals surface area (Å²) in [7, 11) is 0. The fourth-order valence-corrected chi connectivity index (χ4v) is 3.78. The molecule has 0 heteroatoms. The van der Waals surface area contributed by atoms with Crippen LogP contribution >= 0.6 is 0 Å². The van der Waals surface area contributed by atoms with E-state index in [1.165, 1.54) is 56.1 Å². The molecule has 0 nitrogen and oxygen atoms in total. The second-order valence-electron chi connectivity index (χ2n) is 7.17. The summed E-state index contributed by atoms with van der Waals surface area (Å²) in [4.78, 5) is 0. The lowest BCUT2D eigenvalue weighted by Crippen LogP contribution is -2.08. The van der Waals surface area contributed by atoms with E-state index in [0.29, 0.717) is 11.8 Å². The molecule has 2 aromatic carbocycles. The van der Waals surface area contributed by atoms with Crippen molar-refractivity contribution in [1.82, 2.24) is 0 Å². The Bertz CT molecular complexity index is 570. The third kappa shape index (κ3) is 6.90. The van der Waals surface area contributed by atoms with Gasteiger partial charge in [0.2, 0.25) is 0 Å². The molecule has 2 rings (SSSR count). The van der Waals surface area contributed by atoms with E-state index in [0.717, 1.165) is 6.42 Å². The van der Waals surface area contributed by atoms with E-state index in [1.807, 2.05) is 0 Å². The van der Waals surface area contributed by atoms with Gasteiger partial charge in [0.05, 0.1) is 0 Å². The Kier molecular flexibility index (Phi) is 9.12. The summed E-state index contributed by atoms with van der Waals surface area (Å²) < 4.78 is 0. The number of rotatable bonds is 12. The monoisotopic (exact) mass is 334 g/mol. The van der Waals surface area contributed by atoms with Gasteiger partial charge in [0.15, 0.2) is 0 Å². The molecule has 0 saturated heterocycles. The molecule has 0 aliphatic carbocycles. The molecule has 0 spiro atoms. The number of unbranched alkanes of at least 4 members (excludes halogenated alkanes) is 3. The molecule has 0 aromatic heterocycles. The zero-order valence-corrected chi connectivity index (χ0v) is 15.9. The third-order valence-corrected chi connectivity index (χ3v) is 5.23. The van der Waals surface area contributed by atoms with Gasteiger partial charge in [-0.1, -0.05) is 92.9 Å². The Balaban J connectivity index is 2.13. The van der Waals surface area contributed by atoms with Crippen LogP contribution in [0.2, 0.25) is 0 Å². The van der Waals surface area contributed by atoms with Gasteiger partial charge in [-0.3, -0.25) is 0 Å². The highest BCUT2D eigenvalue weighted by atomic mass is 14.2. The second kappa shape index (κ2) is 11.7. The molecule has 2 aromatic rings. The Hall–Kier alpha value is -1.82. The van der Waals surface area contributed by atoms with Crippen molar-refractivity contribution in [1.29, 1.82) is 0 Å². The van der Waals surface area contributed by atoms with Gasteiger partial charge in [0.25, 0.3) is 0 Å². The van der Waals surface area contributed by atoms with Crippen molar-refractivity contribution in [2.24, 2.45) is 0 Å². The van der Waals surface area contributed by atoms with Gasteiger partial charge >= 0.3 is 0 Å². The van der Waals surface area contributed by atoms with Crippen molar-refractivity contribution >= 4 is 0 Å². The summed E-state index contributed by atoms with van der Waals surface area (Å²) in [6, 6.07) is 22.3. The van der Waals surface area contributed by atoms with Crippen LogP contribution < -0.4 is 0 Å². The standard InChI is InChI=1S/C25H34/c1-3-5-9-19-24(22-15-11-7-12-16-22)21-25(20-10-6-4-2)23-17-13-8-14-18-23/h3,7-8,11-18,24-25H,1,4-6,9-10,19-21H2,2H3. The summed E-state index contributed by atoms with van der Waals surface area (Å²) in [5.41, 5.74) is 3.02. The van der Waals surface area contributed by atoms with Crippen LogP contribution in [0.3, 0.4) is 0 Å². The molecule has 0 amide bonds. The van der Waals surface area contributed by atoms with Gasteiger partial charge in [0, 0.05) is 0 Å². The minimum Gasteiger partial charge on any atom is -0.103 e. The summed E-state index contributed by atoms with van der Waals surface area (Å²) in [6.07, 6.45) is 12.2. The van der Waals surface area contributed by atoms with Crippen LogP contribution in [0.5, 0.6) is 0 Å². The van der Waals surface area contributed by atoms with Gasteiger partial charge in [-0.05, 0) is 55.1 Å². The highest BCUT2D eigenvalue weighted by Crippen LogP contribution is 2.36. The lowest BCUT2D eigenvalue weighted by atomic mass is 9.80. The first-order valence-electron chi connectivity index (χ1n) is 10.1. The van der Waals surface area contributed by atoms with Crippen LogP contribution in [-0.2, 0) is 0 Å². The van der Waals surface area contributed by atoms with Gasteiger partial charge in [-0.2, -0.15) is 0 Å². The van der Waals surface area contributed by atoms with E-state index in [1.54, 1.807) is 0 Å². The van der Waals surface area contributed by atoms with E-state index in [-0.39, 0.29) is 0 Å². The Morgan fingerprint density at radius 1 is 0.760 bits per heavy atom. The van der Waals surface area contributed by atoms with Crippen molar-refractivity contribution in [3.63, 3.8) is 0 Å². The van der Waals surface area contributed by atoms with Crippen LogP contribution in [-0.4, -0.2) is 0 Å². The first-order chi connectivity index (χ1) is 12.3. The summed E-state index contributed by atoms with van der Waals surface area (Å²) in [5.74, 6) is 1.31. The molecule has 134 valence electrons. The molecular weight excluding hydrogens is 300 g/mol. The van der Waals surface area contributed by atoms with Crippen molar-refractivity contribution < 1.29 is 0 Å². The summed E-state index contributed by atoms with van der Waals surface area (Å²) >= 11 is 0. The zero-order valence-electron chi connectivity index (χ0n) is 15.9. The van der Waals surface area contributed by atoms with Crippen molar-refractivity contribution in [3.05, 3.63) is 84.4 Å². The maximum Gasteiger partial charge on any atom is -0.0156 e. The average Bonchev–Trinajstić information content (AvgIpc) is 2.67. The molecule has 0 N–H and O–H groups in total. The van der Waals surface area contributed by atoms with Gasteiger partial charge < -0.3 is 0 Å². The first kappa shape index (κ1) is 19.5. The highest BCUT2D eigenvalue weighted by Gasteiger charge is 2.19. The van der Waals surface area contributed by atoms with Crippen LogP contribution in [0, 0.1) is 0 Å². The average molecular weight is 335 g/mol. The minimum absolute atomic E-state index is 0.646. The van der Waals surface area contributed by atoms with Crippen LogP contribution in [0.1, 0.15) is 81.3 Å². The lowest BCUT2D eigenvalue weighted by molar-refractivity contribution is 0.458. The number of hydrogen-bond donors (Lipinski definition) is 0. The van der Waals surface area contributed by atoms with Crippen molar-refractivity contribution in [3.8, 4) is 0 Å². The zero-order chi connectivity index (χ0) is 17.7. The van der Waals surface area contributed by atoms with E-state index < -0.39 is 0 Å². The van der Waals surface area contributed by atoms with Gasteiger partial charge in [0.1, 0.15) is 0 Å². The van der Waals surface area contributed by atoms with Gasteiger partial charge in [-0.25, -0.2) is 0 Å². The lowest BCUT2D eigenvalue weighted by Gasteiger charge is -2.25. The fraction of sp³-hybridized carbons (Fsp3) is 0.440. The predicted octanol–water partition coefficient (Wildman–Crippen LogP) is 7.88. The molecule has 0 fully saturated rings. The predicted molar refractivity (Wildman–Crippen MR) is 111 cm³/mol. The van der Waals surface area contributed by atoms with E-state index >= 15 is 0 Å². The maximum atomic E-state index is 3.89. The normalized spacial score (nSPS) is 13.3.